The average molecular weight is 414 g/mol. The third kappa shape index (κ3) is 7.34. The number of amides is 4. The molecule has 0 heterocycles. The van der Waals surface area contributed by atoms with Crippen LogP contribution in [-0.2, 0) is 9.59 Å². The first-order valence-corrected chi connectivity index (χ1v) is 9.50. The number of benzene rings is 2. The van der Waals surface area contributed by atoms with Crippen LogP contribution in [-0.4, -0.2) is 36.6 Å². The number of anilines is 1. The van der Waals surface area contributed by atoms with Crippen LogP contribution in [0.3, 0.4) is 0 Å². The molecule has 30 heavy (non-hydrogen) atoms. The van der Waals surface area contributed by atoms with Gasteiger partial charge in [0.15, 0.2) is 6.10 Å². The molecule has 0 aliphatic carbocycles. The van der Waals surface area contributed by atoms with Crippen LogP contribution < -0.4 is 31.0 Å². The van der Waals surface area contributed by atoms with E-state index >= 15 is 0 Å². The van der Waals surface area contributed by atoms with Gasteiger partial charge in [0, 0.05) is 5.69 Å². The summed E-state index contributed by atoms with van der Waals surface area (Å²) in [5, 5.41) is 5.08. The fraction of sp³-hybridized carbons (Fsp3) is 0.286. The summed E-state index contributed by atoms with van der Waals surface area (Å²) >= 11 is 0. The first kappa shape index (κ1) is 22.5. The van der Waals surface area contributed by atoms with Gasteiger partial charge in [-0.15, -0.1) is 0 Å². The first-order valence-electron chi connectivity index (χ1n) is 9.50. The van der Waals surface area contributed by atoms with Crippen LogP contribution in [0.1, 0.15) is 20.8 Å². The lowest BCUT2D eigenvalue weighted by atomic mass is 10.3. The number of carbonyl (C=O) groups is 3. The van der Waals surface area contributed by atoms with E-state index in [2.05, 4.69) is 21.5 Å². The van der Waals surface area contributed by atoms with Crippen LogP contribution in [0, 0.1) is 0 Å². The Hall–Kier alpha value is -3.75. The van der Waals surface area contributed by atoms with E-state index in [1.165, 1.54) is 6.92 Å². The number of carbonyl (C=O) groups excluding carboxylic acids is 3. The standard InChI is InChI=1S/C21H26N4O5/c1-4-29-17-10-12-18(13-11-17)30-15(3)20(27)25-24-19(26)14(2)22-21(28)23-16-8-6-5-7-9-16/h5-15H,4H2,1-3H3,(H,24,26)(H,25,27)(H2,22,23,28)/t14-,15+/m1/s1. The van der Waals surface area contributed by atoms with E-state index in [1.54, 1.807) is 55.5 Å². The zero-order chi connectivity index (χ0) is 21.9. The van der Waals surface area contributed by atoms with Gasteiger partial charge in [-0.05, 0) is 57.2 Å². The molecule has 0 spiro atoms. The molecule has 160 valence electrons. The summed E-state index contributed by atoms with van der Waals surface area (Å²) in [5.74, 6) is 0.0602. The molecular weight excluding hydrogens is 388 g/mol. The van der Waals surface area contributed by atoms with Gasteiger partial charge in [0.2, 0.25) is 0 Å². The van der Waals surface area contributed by atoms with Crippen molar-refractivity contribution in [3.63, 3.8) is 0 Å². The smallest absolute Gasteiger partial charge is 0.319 e. The summed E-state index contributed by atoms with van der Waals surface area (Å²) in [7, 11) is 0. The molecule has 4 amide bonds. The van der Waals surface area contributed by atoms with Crippen LogP contribution in [0.4, 0.5) is 10.5 Å². The molecule has 0 unspecified atom stereocenters. The van der Waals surface area contributed by atoms with Gasteiger partial charge in [-0.3, -0.25) is 20.4 Å². The van der Waals surface area contributed by atoms with Crippen molar-refractivity contribution in [3.05, 3.63) is 54.6 Å². The Bertz CT molecular complexity index is 842. The van der Waals surface area contributed by atoms with Gasteiger partial charge in [0.25, 0.3) is 11.8 Å². The molecule has 0 saturated carbocycles. The molecule has 0 aliphatic rings. The number of urea groups is 1. The predicted molar refractivity (Wildman–Crippen MR) is 112 cm³/mol. The average Bonchev–Trinajstić information content (AvgIpc) is 2.73. The first-order chi connectivity index (χ1) is 14.4. The normalized spacial score (nSPS) is 12.1. The fourth-order valence-corrected chi connectivity index (χ4v) is 2.32. The molecule has 2 aromatic carbocycles. The van der Waals surface area contributed by atoms with E-state index in [0.717, 1.165) is 0 Å². The van der Waals surface area contributed by atoms with Crippen molar-refractivity contribution in [2.24, 2.45) is 0 Å². The summed E-state index contributed by atoms with van der Waals surface area (Å²) in [6.45, 7) is 5.48. The van der Waals surface area contributed by atoms with E-state index in [-0.39, 0.29) is 0 Å². The second-order valence-electron chi connectivity index (χ2n) is 6.33. The Morgan fingerprint density at radius 2 is 1.47 bits per heavy atom. The molecular formula is C21H26N4O5. The minimum Gasteiger partial charge on any atom is -0.494 e. The molecule has 0 radical (unpaired) electrons. The van der Waals surface area contributed by atoms with Gasteiger partial charge in [-0.25, -0.2) is 4.79 Å². The third-order valence-corrected chi connectivity index (χ3v) is 3.90. The topological polar surface area (TPSA) is 118 Å². The Morgan fingerprint density at radius 1 is 0.867 bits per heavy atom. The van der Waals surface area contributed by atoms with Gasteiger partial charge in [0.1, 0.15) is 17.5 Å². The molecule has 0 fully saturated rings. The molecule has 0 aromatic heterocycles. The molecule has 9 nitrogen and oxygen atoms in total. The SMILES string of the molecule is CCOc1ccc(O[C@@H](C)C(=O)NNC(=O)[C@@H](C)NC(=O)Nc2ccccc2)cc1. The van der Waals surface area contributed by atoms with Crippen molar-refractivity contribution in [3.8, 4) is 11.5 Å². The van der Waals surface area contributed by atoms with E-state index in [1.807, 2.05) is 13.0 Å². The molecule has 2 atom stereocenters. The number of rotatable bonds is 8. The number of hydrazine groups is 1. The van der Waals surface area contributed by atoms with Crippen LogP contribution in [0.5, 0.6) is 11.5 Å². The molecule has 4 N–H and O–H groups in total. The number of ether oxygens (including phenoxy) is 2. The molecule has 0 aliphatic heterocycles. The summed E-state index contributed by atoms with van der Waals surface area (Å²) < 4.78 is 10.9. The quantitative estimate of drug-likeness (QED) is 0.494. The van der Waals surface area contributed by atoms with E-state index in [4.69, 9.17) is 9.47 Å². The van der Waals surface area contributed by atoms with E-state index in [0.29, 0.717) is 23.8 Å². The minimum absolute atomic E-state index is 0.486. The zero-order valence-electron chi connectivity index (χ0n) is 17.1. The molecule has 9 heteroatoms. The van der Waals surface area contributed by atoms with Gasteiger partial charge < -0.3 is 20.1 Å². The highest BCUT2D eigenvalue weighted by molar-refractivity contribution is 5.94. The van der Waals surface area contributed by atoms with Gasteiger partial charge in [0.05, 0.1) is 6.61 Å². The summed E-state index contributed by atoms with van der Waals surface area (Å²) in [6, 6.07) is 14.2. The lowest BCUT2D eigenvalue weighted by Gasteiger charge is -2.18. The van der Waals surface area contributed by atoms with Crippen molar-refractivity contribution in [2.75, 3.05) is 11.9 Å². The van der Waals surface area contributed by atoms with Crippen molar-refractivity contribution < 1.29 is 23.9 Å². The summed E-state index contributed by atoms with van der Waals surface area (Å²) in [5.41, 5.74) is 5.13. The highest BCUT2D eigenvalue weighted by Gasteiger charge is 2.19. The Labute approximate surface area is 175 Å². The lowest BCUT2D eigenvalue weighted by molar-refractivity contribution is -0.133. The summed E-state index contributed by atoms with van der Waals surface area (Å²) in [6.07, 6.45) is -0.854. The van der Waals surface area contributed by atoms with Crippen molar-refractivity contribution in [1.82, 2.24) is 16.2 Å². The maximum absolute atomic E-state index is 12.1. The highest BCUT2D eigenvalue weighted by atomic mass is 16.5. The van der Waals surface area contributed by atoms with Gasteiger partial charge >= 0.3 is 6.03 Å². The number of hydrogen-bond acceptors (Lipinski definition) is 5. The summed E-state index contributed by atoms with van der Waals surface area (Å²) in [4.78, 5) is 36.1. The van der Waals surface area contributed by atoms with Crippen molar-refractivity contribution in [1.29, 1.82) is 0 Å². The van der Waals surface area contributed by atoms with Crippen LogP contribution in [0.25, 0.3) is 0 Å². The predicted octanol–water partition coefficient (Wildman–Crippen LogP) is 2.21. The van der Waals surface area contributed by atoms with Crippen molar-refractivity contribution >= 4 is 23.5 Å². The van der Waals surface area contributed by atoms with Gasteiger partial charge in [-0.1, -0.05) is 18.2 Å². The second-order valence-corrected chi connectivity index (χ2v) is 6.33. The van der Waals surface area contributed by atoms with E-state index in [9.17, 15) is 14.4 Å². The molecule has 2 rings (SSSR count). The van der Waals surface area contributed by atoms with E-state index < -0.39 is 30.0 Å². The second kappa shape index (κ2) is 11.3. The fourth-order valence-electron chi connectivity index (χ4n) is 2.32. The third-order valence-electron chi connectivity index (χ3n) is 3.90. The maximum Gasteiger partial charge on any atom is 0.319 e. The number of para-hydroxylation sites is 1. The zero-order valence-corrected chi connectivity index (χ0v) is 17.1. The van der Waals surface area contributed by atoms with Crippen molar-refractivity contribution in [2.45, 2.75) is 32.9 Å². The molecule has 0 saturated heterocycles. The molecule has 0 bridgehead atoms. The number of hydrogen-bond donors (Lipinski definition) is 4. The number of nitrogens with one attached hydrogen (secondary N) is 4. The highest BCUT2D eigenvalue weighted by Crippen LogP contribution is 2.18. The van der Waals surface area contributed by atoms with Crippen LogP contribution in [0.2, 0.25) is 0 Å². The van der Waals surface area contributed by atoms with Gasteiger partial charge in [-0.2, -0.15) is 0 Å². The largest absolute Gasteiger partial charge is 0.494 e. The maximum atomic E-state index is 12.1. The monoisotopic (exact) mass is 414 g/mol. The minimum atomic E-state index is -0.878. The van der Waals surface area contributed by atoms with Crippen LogP contribution in [0.15, 0.2) is 54.6 Å². The molecule has 2 aromatic rings. The Kier molecular flexibility index (Phi) is 8.49. The van der Waals surface area contributed by atoms with Crippen LogP contribution >= 0.6 is 0 Å². The lowest BCUT2D eigenvalue weighted by Crippen LogP contribution is -2.53. The Balaban J connectivity index is 1.74. The Morgan fingerprint density at radius 3 is 2.10 bits per heavy atom.